The summed E-state index contributed by atoms with van der Waals surface area (Å²) in [5.41, 5.74) is 0. The lowest BCUT2D eigenvalue weighted by molar-refractivity contribution is 0.458. The van der Waals surface area contributed by atoms with E-state index in [1.165, 1.54) is 4.31 Å². The van der Waals surface area contributed by atoms with Crippen LogP contribution in [0.15, 0.2) is 0 Å². The molecular weight excluding hydrogens is 222 g/mol. The minimum absolute atomic E-state index is 0.222. The van der Waals surface area contributed by atoms with Crippen molar-refractivity contribution in [3.8, 4) is 0 Å². The van der Waals surface area contributed by atoms with Crippen molar-refractivity contribution in [1.29, 1.82) is 0 Å². The Morgan fingerprint density at radius 3 is 2.36 bits per heavy atom. The normalized spacial score (nSPS) is 12.3. The molecule has 0 rings (SSSR count). The van der Waals surface area contributed by atoms with Gasteiger partial charge in [-0.25, -0.2) is 12.7 Å². The third-order valence-corrected chi connectivity index (χ3v) is 4.29. The average molecular weight is 242 g/mol. The van der Waals surface area contributed by atoms with Gasteiger partial charge in [0.15, 0.2) is 0 Å². The minimum Gasteiger partial charge on any atom is -0.212 e. The average Bonchev–Trinajstić information content (AvgIpc) is 2.14. The Bertz CT molecular complexity index is 229. The van der Waals surface area contributed by atoms with Gasteiger partial charge in [0.05, 0.1) is 5.75 Å². The molecule has 0 aromatic heterocycles. The number of hydrogen-bond donors (Lipinski definition) is 0. The Balaban J connectivity index is 3.91. The first kappa shape index (κ1) is 14.2. The largest absolute Gasteiger partial charge is 0.213 e. The Morgan fingerprint density at radius 1 is 1.21 bits per heavy atom. The van der Waals surface area contributed by atoms with Crippen molar-refractivity contribution >= 4 is 21.6 Å². The van der Waals surface area contributed by atoms with Gasteiger partial charge in [0.2, 0.25) is 10.0 Å². The predicted molar refractivity (Wildman–Crippen MR) is 61.3 cm³/mol. The lowest BCUT2D eigenvalue weighted by Gasteiger charge is -2.16. The molecule has 0 saturated carbocycles. The molecule has 0 spiro atoms. The van der Waals surface area contributed by atoms with Crippen LogP contribution in [-0.4, -0.2) is 37.9 Å². The molecule has 14 heavy (non-hydrogen) atoms. The third kappa shape index (κ3) is 5.83. The van der Waals surface area contributed by atoms with Crippen LogP contribution < -0.4 is 0 Å². The summed E-state index contributed by atoms with van der Waals surface area (Å²) in [4.78, 5) is 0. The van der Waals surface area contributed by atoms with E-state index < -0.39 is 10.0 Å². The molecule has 0 aromatic carbocycles. The molecule has 0 radical (unpaired) electrons. The van der Waals surface area contributed by atoms with Gasteiger partial charge in [0.1, 0.15) is 0 Å². The molecule has 3 nitrogen and oxygen atoms in total. The predicted octanol–water partition coefficient (Wildman–Crippen LogP) is 2.07. The number of nitrogens with zero attached hydrogens (tertiary/aromatic N) is 1. The molecule has 0 aliphatic heterocycles. The molecule has 0 fully saturated rings. The maximum absolute atomic E-state index is 11.6. The summed E-state index contributed by atoms with van der Waals surface area (Å²) in [5.74, 6) is 0.758. The van der Waals surface area contributed by atoms with Gasteiger partial charge in [-0.05, 0) is 19.3 Å². The summed E-state index contributed by atoms with van der Waals surface area (Å²) in [6, 6.07) is 0. The summed E-state index contributed by atoms with van der Waals surface area (Å²) in [5, 5.41) is 0. The summed E-state index contributed by atoms with van der Waals surface area (Å²) in [6.45, 7) is 2.67. The molecule has 0 aliphatic carbocycles. The van der Waals surface area contributed by atoms with Crippen LogP contribution in [0.2, 0.25) is 0 Å². The van der Waals surface area contributed by atoms with Gasteiger partial charge in [0, 0.05) is 19.5 Å². The Hall–Kier alpha value is 0.200. The topological polar surface area (TPSA) is 37.4 Å². The van der Waals surface area contributed by atoms with Crippen molar-refractivity contribution in [2.24, 2.45) is 0 Å². The van der Waals surface area contributed by atoms with Gasteiger partial charge in [-0.15, -0.1) is 11.6 Å². The summed E-state index contributed by atoms with van der Waals surface area (Å²) < 4.78 is 24.6. The van der Waals surface area contributed by atoms with Crippen molar-refractivity contribution in [2.75, 3.05) is 25.2 Å². The summed E-state index contributed by atoms with van der Waals surface area (Å²) in [6.07, 6.45) is 3.36. The van der Waals surface area contributed by atoms with E-state index in [0.717, 1.165) is 19.3 Å². The molecular formula is C9H20ClNO2S. The monoisotopic (exact) mass is 241 g/mol. The SMILES string of the molecule is CCCCN(C)S(=O)(=O)CCCCCl. The van der Waals surface area contributed by atoms with Gasteiger partial charge in [-0.3, -0.25) is 0 Å². The van der Waals surface area contributed by atoms with E-state index in [1.54, 1.807) is 7.05 Å². The number of hydrogen-bond acceptors (Lipinski definition) is 2. The third-order valence-electron chi connectivity index (χ3n) is 2.09. The minimum atomic E-state index is -3.03. The molecule has 0 unspecified atom stereocenters. The number of alkyl halides is 1. The summed E-state index contributed by atoms with van der Waals surface area (Å²) in [7, 11) is -1.39. The van der Waals surface area contributed by atoms with Crippen LogP contribution in [0, 0.1) is 0 Å². The van der Waals surface area contributed by atoms with Crippen molar-refractivity contribution < 1.29 is 8.42 Å². The molecule has 0 amide bonds. The van der Waals surface area contributed by atoms with Gasteiger partial charge < -0.3 is 0 Å². The smallest absolute Gasteiger partial charge is 0.212 e. The first-order chi connectivity index (χ1) is 6.54. The Kier molecular flexibility index (Phi) is 7.59. The van der Waals surface area contributed by atoms with Crippen LogP contribution in [0.3, 0.4) is 0 Å². The highest BCUT2D eigenvalue weighted by Crippen LogP contribution is 2.04. The molecule has 0 atom stereocenters. The van der Waals surface area contributed by atoms with E-state index >= 15 is 0 Å². The molecule has 0 aromatic rings. The molecule has 0 bridgehead atoms. The molecule has 0 heterocycles. The maximum Gasteiger partial charge on any atom is 0.213 e. The maximum atomic E-state index is 11.6. The summed E-state index contributed by atoms with van der Waals surface area (Å²) >= 11 is 5.49. The van der Waals surface area contributed by atoms with E-state index in [-0.39, 0.29) is 5.75 Å². The molecule has 0 aliphatic rings. The van der Waals surface area contributed by atoms with Gasteiger partial charge >= 0.3 is 0 Å². The van der Waals surface area contributed by atoms with Crippen molar-refractivity contribution in [2.45, 2.75) is 32.6 Å². The zero-order valence-corrected chi connectivity index (χ0v) is 10.6. The van der Waals surface area contributed by atoms with E-state index in [2.05, 4.69) is 0 Å². The second-order valence-corrected chi connectivity index (χ2v) is 5.96. The molecule has 86 valence electrons. The lowest BCUT2D eigenvalue weighted by Crippen LogP contribution is -2.30. The quantitative estimate of drug-likeness (QED) is 0.482. The number of unbranched alkanes of at least 4 members (excludes halogenated alkanes) is 2. The standard InChI is InChI=1S/C9H20ClNO2S/c1-3-4-8-11(2)14(12,13)9-6-5-7-10/h3-9H2,1-2H3. The molecule has 0 saturated heterocycles. The second kappa shape index (κ2) is 7.49. The zero-order valence-electron chi connectivity index (χ0n) is 9.00. The van der Waals surface area contributed by atoms with E-state index in [4.69, 9.17) is 11.6 Å². The highest BCUT2D eigenvalue weighted by molar-refractivity contribution is 7.89. The first-order valence-corrected chi connectivity index (χ1v) is 7.19. The Morgan fingerprint density at radius 2 is 1.86 bits per heavy atom. The van der Waals surface area contributed by atoms with Gasteiger partial charge in [-0.1, -0.05) is 13.3 Å². The molecule has 0 N–H and O–H groups in total. The van der Waals surface area contributed by atoms with Crippen LogP contribution in [0.4, 0.5) is 0 Å². The Labute approximate surface area is 92.5 Å². The number of halogens is 1. The van der Waals surface area contributed by atoms with E-state index in [0.29, 0.717) is 18.8 Å². The second-order valence-electron chi connectivity index (χ2n) is 3.39. The fourth-order valence-corrected chi connectivity index (χ4v) is 2.53. The zero-order chi connectivity index (χ0) is 11.0. The van der Waals surface area contributed by atoms with Crippen LogP contribution in [-0.2, 0) is 10.0 Å². The van der Waals surface area contributed by atoms with E-state index in [1.807, 2.05) is 6.92 Å². The van der Waals surface area contributed by atoms with Gasteiger partial charge in [-0.2, -0.15) is 0 Å². The highest BCUT2D eigenvalue weighted by Gasteiger charge is 2.15. The van der Waals surface area contributed by atoms with Crippen LogP contribution >= 0.6 is 11.6 Å². The molecule has 5 heteroatoms. The number of rotatable bonds is 8. The van der Waals surface area contributed by atoms with Crippen molar-refractivity contribution in [1.82, 2.24) is 4.31 Å². The first-order valence-electron chi connectivity index (χ1n) is 5.04. The van der Waals surface area contributed by atoms with Crippen LogP contribution in [0.1, 0.15) is 32.6 Å². The fraction of sp³-hybridized carbons (Fsp3) is 1.00. The highest BCUT2D eigenvalue weighted by atomic mass is 35.5. The van der Waals surface area contributed by atoms with Crippen molar-refractivity contribution in [3.63, 3.8) is 0 Å². The van der Waals surface area contributed by atoms with Gasteiger partial charge in [0.25, 0.3) is 0 Å². The van der Waals surface area contributed by atoms with Crippen LogP contribution in [0.5, 0.6) is 0 Å². The van der Waals surface area contributed by atoms with Crippen LogP contribution in [0.25, 0.3) is 0 Å². The lowest BCUT2D eigenvalue weighted by atomic mass is 10.3. The van der Waals surface area contributed by atoms with E-state index in [9.17, 15) is 8.42 Å². The number of sulfonamides is 1. The fourth-order valence-electron chi connectivity index (χ4n) is 1.05. The van der Waals surface area contributed by atoms with Crippen molar-refractivity contribution in [3.05, 3.63) is 0 Å².